The third kappa shape index (κ3) is 3.91. The van der Waals surface area contributed by atoms with Crippen molar-refractivity contribution in [1.82, 2.24) is 4.31 Å². The molecule has 0 bridgehead atoms. The summed E-state index contributed by atoms with van der Waals surface area (Å²) < 4.78 is 30.9. The lowest BCUT2D eigenvalue weighted by atomic mass is 10.4. The van der Waals surface area contributed by atoms with Crippen LogP contribution in [0.4, 0.5) is 5.69 Å². The van der Waals surface area contributed by atoms with Crippen LogP contribution in [0.15, 0.2) is 11.4 Å². The number of esters is 1. The van der Waals surface area contributed by atoms with Crippen molar-refractivity contribution in [2.75, 3.05) is 25.4 Å². The number of carboxylic acid groups (broad SMARTS) is 1. The van der Waals surface area contributed by atoms with Crippen molar-refractivity contribution in [3.63, 3.8) is 0 Å². The zero-order valence-electron chi connectivity index (χ0n) is 10.1. The lowest BCUT2D eigenvalue weighted by Gasteiger charge is -2.16. The van der Waals surface area contributed by atoms with Gasteiger partial charge in [0.15, 0.2) is 0 Å². The van der Waals surface area contributed by atoms with E-state index >= 15 is 0 Å². The third-order valence-corrected chi connectivity index (χ3v) is 4.37. The average molecular weight is 308 g/mol. The number of hydrogen-bond donors (Lipinski definition) is 2. The topological polar surface area (TPSA) is 113 Å². The highest BCUT2D eigenvalue weighted by Gasteiger charge is 2.23. The van der Waals surface area contributed by atoms with Crippen LogP contribution in [-0.4, -0.2) is 50.5 Å². The summed E-state index contributed by atoms with van der Waals surface area (Å²) in [7, 11) is -1.75. The molecule has 2 N–H and O–H groups in total. The maximum Gasteiger partial charge on any atom is 0.350 e. The van der Waals surface area contributed by atoms with Gasteiger partial charge < -0.3 is 9.84 Å². The van der Waals surface area contributed by atoms with Gasteiger partial charge in [-0.3, -0.25) is 9.52 Å². The maximum absolute atomic E-state index is 11.8. The van der Waals surface area contributed by atoms with Crippen molar-refractivity contribution >= 4 is 39.2 Å². The molecule has 0 aliphatic rings. The Bertz CT molecular complexity index is 579. The number of carbonyl (C=O) groups is 2. The van der Waals surface area contributed by atoms with E-state index in [4.69, 9.17) is 5.11 Å². The van der Waals surface area contributed by atoms with E-state index in [0.717, 1.165) is 18.4 Å². The third-order valence-electron chi connectivity index (χ3n) is 2.04. The summed E-state index contributed by atoms with van der Waals surface area (Å²) in [5.74, 6) is -1.96. The molecule has 106 valence electrons. The second-order valence-electron chi connectivity index (χ2n) is 3.41. The number of aliphatic carboxylic acids is 1. The molecule has 19 heavy (non-hydrogen) atoms. The van der Waals surface area contributed by atoms with Crippen molar-refractivity contribution in [3.8, 4) is 0 Å². The monoisotopic (exact) mass is 308 g/mol. The molecular formula is C9H12N2O6S2. The summed E-state index contributed by atoms with van der Waals surface area (Å²) in [5.41, 5.74) is 0.0501. The van der Waals surface area contributed by atoms with Gasteiger partial charge in [-0.25, -0.2) is 4.79 Å². The quantitative estimate of drug-likeness (QED) is 0.726. The number of anilines is 1. The Labute approximate surface area is 113 Å². The molecule has 0 fully saturated rings. The van der Waals surface area contributed by atoms with Crippen LogP contribution in [0.3, 0.4) is 0 Å². The van der Waals surface area contributed by atoms with E-state index in [2.05, 4.69) is 9.46 Å². The van der Waals surface area contributed by atoms with E-state index in [1.54, 1.807) is 0 Å². The molecule has 1 heterocycles. The standard InChI is InChI=1S/C9H12N2O6S2/c1-11(5-7(12)13)19(15,16)10-6-3-4-18-8(6)9(14)17-2/h3-4,10H,5H2,1-2H3,(H,12,13). The Morgan fingerprint density at radius 1 is 1.53 bits per heavy atom. The summed E-state index contributed by atoms with van der Waals surface area (Å²) in [5, 5.41) is 10.1. The Kier molecular flexibility index (Phi) is 4.86. The number of hydrogen-bond acceptors (Lipinski definition) is 6. The molecule has 1 rings (SSSR count). The van der Waals surface area contributed by atoms with Crippen LogP contribution in [-0.2, 0) is 19.7 Å². The average Bonchev–Trinajstić information content (AvgIpc) is 2.74. The number of carboxylic acids is 1. The van der Waals surface area contributed by atoms with Gasteiger partial charge in [-0.1, -0.05) is 0 Å². The number of methoxy groups -OCH3 is 1. The zero-order valence-corrected chi connectivity index (χ0v) is 11.7. The van der Waals surface area contributed by atoms with E-state index < -0.39 is 28.7 Å². The fraction of sp³-hybridized carbons (Fsp3) is 0.333. The molecule has 0 aromatic carbocycles. The van der Waals surface area contributed by atoms with E-state index in [1.807, 2.05) is 0 Å². The van der Waals surface area contributed by atoms with Gasteiger partial charge in [0.1, 0.15) is 11.4 Å². The Morgan fingerprint density at radius 2 is 2.16 bits per heavy atom. The van der Waals surface area contributed by atoms with Crippen LogP contribution in [0.25, 0.3) is 0 Å². The van der Waals surface area contributed by atoms with E-state index in [9.17, 15) is 18.0 Å². The molecule has 0 spiro atoms. The first-order chi connectivity index (χ1) is 8.77. The van der Waals surface area contributed by atoms with Crippen LogP contribution < -0.4 is 4.72 Å². The molecular weight excluding hydrogens is 296 g/mol. The highest BCUT2D eigenvalue weighted by Crippen LogP contribution is 2.24. The van der Waals surface area contributed by atoms with E-state index in [1.165, 1.54) is 18.6 Å². The SMILES string of the molecule is COC(=O)c1sccc1NS(=O)(=O)N(C)CC(=O)O. The molecule has 0 saturated heterocycles. The van der Waals surface area contributed by atoms with Gasteiger partial charge >= 0.3 is 22.1 Å². The Morgan fingerprint density at radius 3 is 2.68 bits per heavy atom. The number of likely N-dealkylation sites (N-methyl/N-ethyl adjacent to an activating group) is 1. The molecule has 0 atom stereocenters. The summed E-state index contributed by atoms with van der Waals surface area (Å²) >= 11 is 1.01. The number of carbonyl (C=O) groups excluding carboxylic acids is 1. The van der Waals surface area contributed by atoms with Crippen molar-refractivity contribution < 1.29 is 27.9 Å². The highest BCUT2D eigenvalue weighted by atomic mass is 32.2. The number of nitrogens with one attached hydrogen (secondary N) is 1. The minimum atomic E-state index is -4.04. The number of rotatable bonds is 6. The minimum Gasteiger partial charge on any atom is -0.480 e. The van der Waals surface area contributed by atoms with Gasteiger partial charge in [0.2, 0.25) is 0 Å². The second-order valence-corrected chi connectivity index (χ2v) is 6.11. The normalized spacial score (nSPS) is 11.3. The fourth-order valence-electron chi connectivity index (χ4n) is 1.13. The molecule has 0 radical (unpaired) electrons. The van der Waals surface area contributed by atoms with Crippen LogP contribution in [0.2, 0.25) is 0 Å². The highest BCUT2D eigenvalue weighted by molar-refractivity contribution is 7.90. The van der Waals surface area contributed by atoms with Crippen molar-refractivity contribution in [2.24, 2.45) is 0 Å². The predicted molar refractivity (Wildman–Crippen MR) is 68.5 cm³/mol. The van der Waals surface area contributed by atoms with Gasteiger partial charge in [-0.15, -0.1) is 11.3 Å². The lowest BCUT2D eigenvalue weighted by Crippen LogP contribution is -2.36. The van der Waals surface area contributed by atoms with Gasteiger partial charge in [0, 0.05) is 7.05 Å². The zero-order chi connectivity index (χ0) is 14.6. The lowest BCUT2D eigenvalue weighted by molar-refractivity contribution is -0.137. The largest absolute Gasteiger partial charge is 0.480 e. The van der Waals surface area contributed by atoms with Crippen LogP contribution in [0, 0.1) is 0 Å². The maximum atomic E-state index is 11.8. The molecule has 0 unspecified atom stereocenters. The minimum absolute atomic E-state index is 0.0501. The van der Waals surface area contributed by atoms with E-state index in [-0.39, 0.29) is 10.6 Å². The van der Waals surface area contributed by atoms with Gasteiger partial charge in [0.05, 0.1) is 12.8 Å². The molecule has 8 nitrogen and oxygen atoms in total. The fourth-order valence-corrected chi connectivity index (χ4v) is 2.85. The predicted octanol–water partition coefficient (Wildman–Crippen LogP) is 0.208. The molecule has 1 aromatic rings. The van der Waals surface area contributed by atoms with Crippen LogP contribution in [0.1, 0.15) is 9.67 Å². The molecule has 0 aliphatic heterocycles. The second kappa shape index (κ2) is 5.99. The smallest absolute Gasteiger partial charge is 0.350 e. The molecule has 1 aromatic heterocycles. The first-order valence-electron chi connectivity index (χ1n) is 4.89. The van der Waals surface area contributed by atoms with Crippen LogP contribution in [0.5, 0.6) is 0 Å². The van der Waals surface area contributed by atoms with Crippen molar-refractivity contribution in [3.05, 3.63) is 16.3 Å². The summed E-state index contributed by atoms with van der Waals surface area (Å²) in [6.07, 6.45) is 0. The first kappa shape index (κ1) is 15.4. The van der Waals surface area contributed by atoms with Crippen LogP contribution >= 0.6 is 11.3 Å². The molecule has 10 heteroatoms. The van der Waals surface area contributed by atoms with E-state index in [0.29, 0.717) is 4.31 Å². The van der Waals surface area contributed by atoms with Gasteiger partial charge in [0.25, 0.3) is 0 Å². The van der Waals surface area contributed by atoms with Gasteiger partial charge in [-0.2, -0.15) is 12.7 Å². The molecule has 0 saturated carbocycles. The van der Waals surface area contributed by atoms with Crippen molar-refractivity contribution in [2.45, 2.75) is 0 Å². The van der Waals surface area contributed by atoms with Crippen molar-refractivity contribution in [1.29, 1.82) is 0 Å². The summed E-state index contributed by atoms with van der Waals surface area (Å²) in [6, 6.07) is 1.39. The number of nitrogens with zero attached hydrogens (tertiary/aromatic N) is 1. The summed E-state index contributed by atoms with van der Waals surface area (Å²) in [4.78, 5) is 21.9. The van der Waals surface area contributed by atoms with Gasteiger partial charge in [-0.05, 0) is 11.4 Å². The number of thiophene rings is 1. The Balaban J connectivity index is 2.93. The summed E-state index contributed by atoms with van der Waals surface area (Å²) in [6.45, 7) is -0.687. The molecule has 0 aliphatic carbocycles. The number of ether oxygens (including phenoxy) is 1. The Hall–Kier alpha value is -1.65. The first-order valence-corrected chi connectivity index (χ1v) is 7.21. The molecule has 0 amide bonds.